The average Bonchev–Trinajstić information content (AvgIpc) is 2.11. The van der Waals surface area contributed by atoms with Gasteiger partial charge in [0.05, 0.1) is 0 Å². The fraction of sp³-hybridized carbons (Fsp3) is 0.727. The Morgan fingerprint density at radius 3 is 1.71 bits per heavy atom. The molecule has 0 rings (SSSR count). The summed E-state index contributed by atoms with van der Waals surface area (Å²) >= 11 is 0. The molecule has 4 nitrogen and oxygen atoms in total. The molecule has 2 N–H and O–H groups in total. The Morgan fingerprint density at radius 1 is 1.06 bits per heavy atom. The third kappa shape index (κ3) is 38.4. The second kappa shape index (κ2) is 21.8. The predicted molar refractivity (Wildman–Crippen MR) is 59.7 cm³/mol. The van der Waals surface area contributed by atoms with Crippen LogP contribution in [0.15, 0.2) is 0 Å². The summed E-state index contributed by atoms with van der Waals surface area (Å²) in [5.74, 6) is -2.62. The average molecular weight is 248 g/mol. The van der Waals surface area contributed by atoms with E-state index in [2.05, 4.69) is 13.8 Å². The summed E-state index contributed by atoms with van der Waals surface area (Å²) in [7, 11) is 0. The van der Waals surface area contributed by atoms with E-state index in [-0.39, 0.29) is 49.8 Å². The van der Waals surface area contributed by atoms with Gasteiger partial charge in [0.15, 0.2) is 0 Å². The summed E-state index contributed by atoms with van der Waals surface area (Å²) < 4.78 is 0. The molecule has 0 amide bonds. The van der Waals surface area contributed by atoms with Crippen molar-refractivity contribution in [1.29, 1.82) is 0 Å². The minimum absolute atomic E-state index is 0. The predicted octanol–water partition coefficient (Wildman–Crippen LogP) is -3.15. The Hall–Kier alpha value is 0.537. The van der Waals surface area contributed by atoms with Crippen LogP contribution in [0.5, 0.6) is 0 Å². The third-order valence-corrected chi connectivity index (χ3v) is 1.66. The zero-order valence-electron chi connectivity index (χ0n) is 12.4. The van der Waals surface area contributed by atoms with Gasteiger partial charge in [-0.2, -0.15) is 6.42 Å². The maximum Gasteiger partial charge on any atom is 1.00 e. The molecule has 0 fully saturated rings. The molecule has 0 saturated heterocycles. The Labute approximate surface area is 140 Å². The van der Waals surface area contributed by atoms with Crippen molar-refractivity contribution < 1.29 is 69.6 Å². The van der Waals surface area contributed by atoms with Crippen molar-refractivity contribution in [2.45, 2.75) is 51.9 Å². The van der Waals surface area contributed by atoms with Gasteiger partial charge >= 0.3 is 60.4 Å². The number of carbonyl (C=O) groups is 2. The molecule has 17 heavy (non-hydrogen) atoms. The first-order valence-electron chi connectivity index (χ1n) is 5.27. The molecule has 0 aliphatic heterocycles. The van der Waals surface area contributed by atoms with E-state index in [9.17, 15) is 9.59 Å². The van der Waals surface area contributed by atoms with Crippen molar-refractivity contribution in [3.63, 3.8) is 0 Å². The van der Waals surface area contributed by atoms with Gasteiger partial charge in [-0.15, -0.1) is 0 Å². The number of carboxylic acid groups (broad SMARTS) is 2. The quantitative estimate of drug-likeness (QED) is 0.216. The maximum absolute atomic E-state index is 9.43. The minimum atomic E-state index is -1.31. The first kappa shape index (κ1) is 26.2. The van der Waals surface area contributed by atoms with E-state index < -0.39 is 18.4 Å². The van der Waals surface area contributed by atoms with Crippen LogP contribution >= 0.6 is 0 Å². The number of aliphatic carboxylic acids is 2. The van der Waals surface area contributed by atoms with Crippen LogP contribution in [-0.4, -0.2) is 22.2 Å². The summed E-state index contributed by atoms with van der Waals surface area (Å²) in [6, 6.07) is 0. The molecule has 0 saturated carbocycles. The Morgan fingerprint density at radius 2 is 1.47 bits per heavy atom. The first-order valence-corrected chi connectivity index (χ1v) is 5.27. The maximum atomic E-state index is 9.43. The summed E-state index contributed by atoms with van der Waals surface area (Å²) in [6.45, 7) is 6.02. The smallest absolute Gasteiger partial charge is 1.00 e. The molecule has 0 aromatic heterocycles. The Balaban J connectivity index is -0.0000000540. The van der Waals surface area contributed by atoms with E-state index in [1.165, 1.54) is 32.1 Å². The Kier molecular flexibility index (Phi) is 33.5. The molecule has 0 heterocycles. The van der Waals surface area contributed by atoms with Gasteiger partial charge < -0.3 is 18.6 Å². The van der Waals surface area contributed by atoms with Gasteiger partial charge in [0.25, 0.3) is 0 Å². The van der Waals surface area contributed by atoms with Crippen LogP contribution in [0.2, 0.25) is 0 Å². The van der Waals surface area contributed by atoms with E-state index in [0.717, 1.165) is 6.42 Å². The molecule has 92 valence electrons. The van der Waals surface area contributed by atoms with Crippen molar-refractivity contribution in [2.24, 2.45) is 0 Å². The van der Waals surface area contributed by atoms with Crippen molar-refractivity contribution in [3.8, 4) is 0 Å². The second-order valence-electron chi connectivity index (χ2n) is 3.23. The van der Waals surface area contributed by atoms with E-state index in [1.807, 2.05) is 0 Å². The van der Waals surface area contributed by atoms with Crippen LogP contribution in [0.4, 0.5) is 0 Å². The van der Waals surface area contributed by atoms with Gasteiger partial charge in [-0.05, 0) is 0 Å². The van der Waals surface area contributed by atoms with E-state index >= 15 is 0 Å². The molecule has 0 spiro atoms. The monoisotopic (exact) mass is 248 g/mol. The van der Waals surface area contributed by atoms with Crippen LogP contribution in [0.25, 0.3) is 0 Å². The molecule has 6 heteroatoms. The molecule has 0 unspecified atom stereocenters. The fourth-order valence-corrected chi connectivity index (χ4v) is 0.910. The van der Waals surface area contributed by atoms with Crippen molar-refractivity contribution in [3.05, 3.63) is 6.92 Å². The summed E-state index contributed by atoms with van der Waals surface area (Å²) in [4.78, 5) is 18.9. The van der Waals surface area contributed by atoms with Gasteiger partial charge in [-0.25, -0.2) is 0 Å². The number of hydrogen-bond donors (Lipinski definition) is 2. The third-order valence-electron chi connectivity index (χ3n) is 1.66. The zero-order valence-corrected chi connectivity index (χ0v) is 13.4. The van der Waals surface area contributed by atoms with Gasteiger partial charge in [-0.3, -0.25) is 9.59 Å². The summed E-state index contributed by atoms with van der Waals surface area (Å²) in [5, 5.41) is 15.4. The minimum Gasteiger partial charge on any atom is -1.00 e. The van der Waals surface area contributed by atoms with Crippen molar-refractivity contribution >= 4 is 11.9 Å². The first-order chi connectivity index (χ1) is 7.04. The molecule has 0 aliphatic rings. The van der Waals surface area contributed by atoms with Crippen molar-refractivity contribution in [1.82, 2.24) is 0 Å². The Bertz CT molecular complexity index is 164. The molecule has 0 aromatic rings. The van der Waals surface area contributed by atoms with E-state index in [0.29, 0.717) is 0 Å². The molecule has 0 aromatic carbocycles. The molecule has 0 bridgehead atoms. The standard InChI is InChI=1S/C8H17.C3H4O4.Li.Na.H/c1-3-5-7-8-6-4-2;4-2(5)1-3(6)7;;;/h1,3-8H2,2H3;1H2,(H,4,5)(H,6,7);;;/q-1;;2*+1;-1. The summed E-state index contributed by atoms with van der Waals surface area (Å²) in [5.41, 5.74) is 0. The van der Waals surface area contributed by atoms with Crippen LogP contribution in [0.1, 0.15) is 53.3 Å². The molecule has 0 aliphatic carbocycles. The molecular weight excluding hydrogens is 226 g/mol. The topological polar surface area (TPSA) is 74.6 Å². The van der Waals surface area contributed by atoms with E-state index in [4.69, 9.17) is 10.2 Å². The van der Waals surface area contributed by atoms with Crippen LogP contribution in [0, 0.1) is 6.92 Å². The fourth-order valence-electron chi connectivity index (χ4n) is 0.910. The molecule has 0 atom stereocenters. The van der Waals surface area contributed by atoms with E-state index in [1.54, 1.807) is 0 Å². The van der Waals surface area contributed by atoms with Crippen LogP contribution < -0.4 is 48.4 Å². The normalized spacial score (nSPS) is 7.88. The number of unbranched alkanes of at least 4 members (excludes halogenated alkanes) is 5. The van der Waals surface area contributed by atoms with Gasteiger partial charge in [0.2, 0.25) is 0 Å². The zero-order chi connectivity index (χ0) is 12.1. The van der Waals surface area contributed by atoms with Crippen LogP contribution in [-0.2, 0) is 9.59 Å². The number of carboxylic acids is 2. The summed E-state index contributed by atoms with van der Waals surface area (Å²) in [6.07, 6.45) is 7.17. The van der Waals surface area contributed by atoms with Crippen molar-refractivity contribution in [2.75, 3.05) is 0 Å². The largest absolute Gasteiger partial charge is 1.00 e. The molecule has 0 radical (unpaired) electrons. The number of rotatable bonds is 7. The van der Waals surface area contributed by atoms with Gasteiger partial charge in [-0.1, -0.05) is 39.0 Å². The van der Waals surface area contributed by atoms with Gasteiger partial charge in [0, 0.05) is 0 Å². The SMILES string of the molecule is O=C(O)CC(=O)O.[CH2-]CCCCCCC.[H-].[Li+].[Na+]. The number of hydrogen-bond acceptors (Lipinski definition) is 2. The van der Waals surface area contributed by atoms with Gasteiger partial charge in [0.1, 0.15) is 6.42 Å². The second-order valence-corrected chi connectivity index (χ2v) is 3.23. The van der Waals surface area contributed by atoms with Crippen LogP contribution in [0.3, 0.4) is 0 Å². The molecular formula is C11H22LiNaO4.